The summed E-state index contributed by atoms with van der Waals surface area (Å²) in [7, 11) is 0. The highest BCUT2D eigenvalue weighted by Gasteiger charge is 2.07. The number of rotatable bonds is 4. The fourth-order valence-electron chi connectivity index (χ4n) is 1.46. The molecule has 0 spiro atoms. The molecule has 104 valence electrons. The Hall–Kier alpha value is -2.34. The molecule has 20 heavy (non-hydrogen) atoms. The van der Waals surface area contributed by atoms with E-state index in [1.54, 1.807) is 37.3 Å². The van der Waals surface area contributed by atoms with Crippen LogP contribution >= 0.6 is 11.6 Å². The van der Waals surface area contributed by atoms with Crippen molar-refractivity contribution >= 4 is 29.1 Å². The number of carbonyl (C=O) groups is 1. The monoisotopic (exact) mass is 292 g/mol. The van der Waals surface area contributed by atoms with Gasteiger partial charge in [-0.3, -0.25) is 10.1 Å². The van der Waals surface area contributed by atoms with E-state index in [1.165, 1.54) is 0 Å². The van der Waals surface area contributed by atoms with Gasteiger partial charge in [-0.05, 0) is 37.3 Å². The van der Waals surface area contributed by atoms with Gasteiger partial charge in [-0.2, -0.15) is 0 Å². The van der Waals surface area contributed by atoms with E-state index in [1.807, 2.05) is 0 Å². The maximum Gasteiger partial charge on any atom is 0.264 e. The van der Waals surface area contributed by atoms with Crippen LogP contribution in [0.2, 0.25) is 5.15 Å². The first-order valence-corrected chi connectivity index (χ1v) is 6.20. The molecule has 0 bridgehead atoms. The van der Waals surface area contributed by atoms with E-state index in [0.717, 1.165) is 0 Å². The molecule has 0 fully saturated rings. The predicted octanol–water partition coefficient (Wildman–Crippen LogP) is 2.04. The number of nitrogens with two attached hydrogens (primary N) is 1. The minimum Gasteiger partial charge on any atom is -0.484 e. The molecule has 1 heterocycles. The molecular formula is C13H13ClN4O2. The van der Waals surface area contributed by atoms with Crippen LogP contribution in [0.1, 0.15) is 5.69 Å². The second-order valence-corrected chi connectivity index (χ2v) is 4.45. The van der Waals surface area contributed by atoms with Gasteiger partial charge in [0.05, 0.1) is 0 Å². The molecule has 0 aliphatic carbocycles. The summed E-state index contributed by atoms with van der Waals surface area (Å²) in [6.45, 7) is 1.60. The Bertz CT molecular complexity index is 596. The lowest BCUT2D eigenvalue weighted by molar-refractivity contribution is -0.118. The van der Waals surface area contributed by atoms with Gasteiger partial charge < -0.3 is 10.5 Å². The molecule has 3 N–H and O–H groups in total. The molecule has 1 amide bonds. The Balaban J connectivity index is 1.90. The minimum atomic E-state index is -0.372. The van der Waals surface area contributed by atoms with Crippen LogP contribution in [0.4, 0.5) is 11.6 Å². The van der Waals surface area contributed by atoms with Crippen LogP contribution in [0, 0.1) is 6.92 Å². The number of nitrogen functional groups attached to an aromatic ring is 1. The number of benzene rings is 1. The molecule has 1 aromatic carbocycles. The Kier molecular flexibility index (Phi) is 4.37. The molecule has 0 atom stereocenters. The second kappa shape index (κ2) is 6.21. The zero-order valence-electron chi connectivity index (χ0n) is 10.8. The van der Waals surface area contributed by atoms with Crippen molar-refractivity contribution in [3.63, 3.8) is 0 Å². The van der Waals surface area contributed by atoms with Crippen molar-refractivity contribution in [2.24, 2.45) is 0 Å². The minimum absolute atomic E-state index is 0.154. The van der Waals surface area contributed by atoms with Crippen molar-refractivity contribution in [2.75, 3.05) is 17.7 Å². The lowest BCUT2D eigenvalue weighted by Crippen LogP contribution is -2.21. The summed E-state index contributed by atoms with van der Waals surface area (Å²) in [5.41, 5.74) is 6.84. The largest absolute Gasteiger partial charge is 0.484 e. The zero-order chi connectivity index (χ0) is 14.5. The quantitative estimate of drug-likeness (QED) is 0.665. The highest BCUT2D eigenvalue weighted by atomic mass is 35.5. The summed E-state index contributed by atoms with van der Waals surface area (Å²) in [6, 6.07) is 8.35. The molecule has 0 saturated heterocycles. The van der Waals surface area contributed by atoms with E-state index < -0.39 is 0 Å². The number of nitrogens with zero attached hydrogens (tertiary/aromatic N) is 2. The third-order valence-electron chi connectivity index (χ3n) is 2.32. The standard InChI is InChI=1S/C13H13ClN4O2/c1-8-6-11(14)17-13(16-8)18-12(19)7-20-10-4-2-9(15)3-5-10/h2-6H,7,15H2,1H3,(H,16,17,18,19). The van der Waals surface area contributed by atoms with Gasteiger partial charge in [-0.1, -0.05) is 11.6 Å². The summed E-state index contributed by atoms with van der Waals surface area (Å²) >= 11 is 5.78. The van der Waals surface area contributed by atoms with Crippen LogP contribution < -0.4 is 15.8 Å². The van der Waals surface area contributed by atoms with Crippen molar-refractivity contribution in [3.05, 3.63) is 41.2 Å². The normalized spacial score (nSPS) is 10.1. The summed E-state index contributed by atoms with van der Waals surface area (Å²) in [4.78, 5) is 19.6. The number of hydrogen-bond acceptors (Lipinski definition) is 5. The number of ether oxygens (including phenoxy) is 1. The topological polar surface area (TPSA) is 90.1 Å². The maximum atomic E-state index is 11.7. The van der Waals surface area contributed by atoms with E-state index in [9.17, 15) is 4.79 Å². The lowest BCUT2D eigenvalue weighted by Gasteiger charge is -2.07. The molecule has 1 aromatic heterocycles. The molecule has 7 heteroatoms. The van der Waals surface area contributed by atoms with Crippen molar-refractivity contribution < 1.29 is 9.53 Å². The number of anilines is 2. The first-order valence-electron chi connectivity index (χ1n) is 5.82. The third kappa shape index (κ3) is 4.10. The van der Waals surface area contributed by atoms with E-state index in [4.69, 9.17) is 22.1 Å². The molecule has 2 rings (SSSR count). The SMILES string of the molecule is Cc1cc(Cl)nc(NC(=O)COc2ccc(N)cc2)n1. The van der Waals surface area contributed by atoms with Crippen LogP contribution in [0.15, 0.2) is 30.3 Å². The first kappa shape index (κ1) is 14.1. The fraction of sp³-hybridized carbons (Fsp3) is 0.154. The Morgan fingerprint density at radius 2 is 2.05 bits per heavy atom. The average molecular weight is 293 g/mol. The van der Waals surface area contributed by atoms with Gasteiger partial charge in [0.15, 0.2) is 6.61 Å². The van der Waals surface area contributed by atoms with Crippen LogP contribution in [0.3, 0.4) is 0 Å². The van der Waals surface area contributed by atoms with E-state index in [-0.39, 0.29) is 23.6 Å². The van der Waals surface area contributed by atoms with Gasteiger partial charge in [-0.15, -0.1) is 0 Å². The third-order valence-corrected chi connectivity index (χ3v) is 2.52. The van der Waals surface area contributed by atoms with Crippen molar-refractivity contribution in [3.8, 4) is 5.75 Å². The second-order valence-electron chi connectivity index (χ2n) is 4.06. The van der Waals surface area contributed by atoms with E-state index in [0.29, 0.717) is 17.1 Å². The summed E-state index contributed by atoms with van der Waals surface area (Å²) in [5, 5.41) is 2.78. The first-order chi connectivity index (χ1) is 9.52. The number of amides is 1. The highest BCUT2D eigenvalue weighted by molar-refractivity contribution is 6.29. The molecule has 6 nitrogen and oxygen atoms in total. The van der Waals surface area contributed by atoms with Crippen molar-refractivity contribution in [2.45, 2.75) is 6.92 Å². The number of hydrogen-bond donors (Lipinski definition) is 2. The Labute approximate surface area is 120 Å². The zero-order valence-corrected chi connectivity index (χ0v) is 11.5. The number of nitrogens with one attached hydrogen (secondary N) is 1. The van der Waals surface area contributed by atoms with E-state index >= 15 is 0 Å². The number of carbonyl (C=O) groups excluding carboxylic acids is 1. The highest BCUT2D eigenvalue weighted by Crippen LogP contribution is 2.13. The number of aryl methyl sites for hydroxylation is 1. The van der Waals surface area contributed by atoms with Crippen molar-refractivity contribution in [1.29, 1.82) is 0 Å². The summed E-state index contributed by atoms with van der Waals surface area (Å²) in [6.07, 6.45) is 0. The maximum absolute atomic E-state index is 11.7. The summed E-state index contributed by atoms with van der Waals surface area (Å²) in [5.74, 6) is 0.335. The van der Waals surface area contributed by atoms with Crippen LogP contribution in [0.25, 0.3) is 0 Å². The molecule has 0 aliphatic rings. The lowest BCUT2D eigenvalue weighted by atomic mass is 10.3. The average Bonchev–Trinajstić information content (AvgIpc) is 2.37. The van der Waals surface area contributed by atoms with Crippen LogP contribution in [-0.4, -0.2) is 22.5 Å². The summed E-state index contributed by atoms with van der Waals surface area (Å²) < 4.78 is 5.30. The van der Waals surface area contributed by atoms with Crippen molar-refractivity contribution in [1.82, 2.24) is 9.97 Å². The van der Waals surface area contributed by atoms with Crippen LogP contribution in [-0.2, 0) is 4.79 Å². The fourth-order valence-corrected chi connectivity index (χ4v) is 1.70. The van der Waals surface area contributed by atoms with Gasteiger partial charge in [0.25, 0.3) is 5.91 Å². The number of halogens is 1. The number of aromatic nitrogens is 2. The Morgan fingerprint density at radius 1 is 1.35 bits per heavy atom. The molecule has 2 aromatic rings. The van der Waals surface area contributed by atoms with Gasteiger partial charge in [0.1, 0.15) is 10.9 Å². The van der Waals surface area contributed by atoms with Crippen LogP contribution in [0.5, 0.6) is 5.75 Å². The predicted molar refractivity (Wildman–Crippen MR) is 76.8 cm³/mol. The molecular weight excluding hydrogens is 280 g/mol. The van der Waals surface area contributed by atoms with Gasteiger partial charge in [-0.25, -0.2) is 9.97 Å². The van der Waals surface area contributed by atoms with E-state index in [2.05, 4.69) is 15.3 Å². The molecule has 0 unspecified atom stereocenters. The molecule has 0 aliphatic heterocycles. The Morgan fingerprint density at radius 3 is 2.70 bits per heavy atom. The smallest absolute Gasteiger partial charge is 0.264 e. The molecule has 0 radical (unpaired) electrons. The molecule has 0 saturated carbocycles. The van der Waals surface area contributed by atoms with Gasteiger partial charge >= 0.3 is 0 Å². The van der Waals surface area contributed by atoms with Gasteiger partial charge in [0, 0.05) is 11.4 Å². The van der Waals surface area contributed by atoms with Gasteiger partial charge in [0.2, 0.25) is 5.95 Å².